The molecule has 220 valence electrons. The highest BCUT2D eigenvalue weighted by Gasteiger charge is 2.43. The second-order valence-corrected chi connectivity index (χ2v) is 12.5. The lowest BCUT2D eigenvalue weighted by Crippen LogP contribution is -2.58. The molecule has 4 aliphatic rings. The number of aromatic nitrogens is 1. The molecular weight excluding hydrogens is 553 g/mol. The molecule has 1 aromatic heterocycles. The molecule has 0 saturated carbocycles. The van der Waals surface area contributed by atoms with Crippen molar-refractivity contribution >= 4 is 29.4 Å². The number of aromatic hydroxyl groups is 1. The van der Waals surface area contributed by atoms with Gasteiger partial charge in [0.15, 0.2) is 5.75 Å². The third-order valence-corrected chi connectivity index (χ3v) is 8.57. The average molecular weight is 588 g/mol. The van der Waals surface area contributed by atoms with E-state index in [1.165, 1.54) is 18.2 Å². The predicted octanol–water partition coefficient (Wildman–Crippen LogP) is 3.99. The number of nitrogens with zero attached hydrogens (tertiary/aromatic N) is 5. The number of fused-ring (bicyclic) bond motifs is 3. The molecule has 2 amide bonds. The first-order valence-corrected chi connectivity index (χ1v) is 14.5. The van der Waals surface area contributed by atoms with Gasteiger partial charge >= 0.3 is 6.09 Å². The summed E-state index contributed by atoms with van der Waals surface area (Å²) in [6, 6.07) is 3.88. The van der Waals surface area contributed by atoms with Crippen molar-refractivity contribution in [1.29, 1.82) is 0 Å². The molecule has 0 spiro atoms. The van der Waals surface area contributed by atoms with E-state index < -0.39 is 23.6 Å². The van der Waals surface area contributed by atoms with Crippen molar-refractivity contribution in [1.82, 2.24) is 19.7 Å². The Labute approximate surface area is 243 Å². The minimum Gasteiger partial charge on any atom is -0.507 e. The van der Waals surface area contributed by atoms with Crippen molar-refractivity contribution in [2.45, 2.75) is 51.3 Å². The quantitative estimate of drug-likeness (QED) is 0.563. The molecule has 1 N–H and O–H groups in total. The molecule has 2 aromatic rings. The van der Waals surface area contributed by atoms with Crippen LogP contribution in [0.1, 0.15) is 44.0 Å². The van der Waals surface area contributed by atoms with E-state index in [0.29, 0.717) is 31.5 Å². The van der Waals surface area contributed by atoms with Gasteiger partial charge in [0.05, 0.1) is 11.6 Å². The SMILES string of the molecule is CC(C)(C)OC(=O)N1CCN2C(=O)c3c(N4CCN5CCC[C@@H]5C4)nc(-c4c(O)cccc4F)c(Cl)c3OC[C@H]2C1. The van der Waals surface area contributed by atoms with Gasteiger partial charge in [-0.3, -0.25) is 9.69 Å². The number of piperazine rings is 2. The average Bonchev–Trinajstić information content (AvgIpc) is 3.33. The van der Waals surface area contributed by atoms with Gasteiger partial charge in [-0.25, -0.2) is 14.2 Å². The molecule has 0 unspecified atom stereocenters. The summed E-state index contributed by atoms with van der Waals surface area (Å²) in [5.41, 5.74) is -0.538. The Hall–Kier alpha value is -3.31. The number of anilines is 1. The second-order valence-electron chi connectivity index (χ2n) is 12.1. The highest BCUT2D eigenvalue weighted by molar-refractivity contribution is 6.35. The van der Waals surface area contributed by atoms with Gasteiger partial charge in [0.1, 0.15) is 45.9 Å². The second kappa shape index (κ2) is 10.5. The molecule has 3 saturated heterocycles. The van der Waals surface area contributed by atoms with Crippen LogP contribution in [0.2, 0.25) is 5.02 Å². The van der Waals surface area contributed by atoms with E-state index in [1.807, 2.05) is 20.8 Å². The van der Waals surface area contributed by atoms with Gasteiger partial charge in [-0.1, -0.05) is 17.7 Å². The molecule has 0 bridgehead atoms. The zero-order valence-electron chi connectivity index (χ0n) is 23.5. The predicted molar refractivity (Wildman–Crippen MR) is 151 cm³/mol. The summed E-state index contributed by atoms with van der Waals surface area (Å²) >= 11 is 6.84. The lowest BCUT2D eigenvalue weighted by Gasteiger charge is -2.41. The lowest BCUT2D eigenvalue weighted by molar-refractivity contribution is 0.000954. The van der Waals surface area contributed by atoms with Crippen LogP contribution in [-0.4, -0.2) is 107 Å². The first-order chi connectivity index (χ1) is 19.5. The summed E-state index contributed by atoms with van der Waals surface area (Å²) < 4.78 is 26.9. The standard InChI is InChI=1S/C29H35ClFN5O5/c1-29(2,3)41-28(39)35-12-13-36-18(15-35)16-40-25-22(27(36)38)26(34-11-10-33-9-5-6-17(33)14-34)32-24(23(25)30)21-19(31)7-4-8-20(21)37/h4,7-8,17-18,37H,5-6,9-16H2,1-3H3/t17-,18-/m1/s1. The molecule has 10 nitrogen and oxygen atoms in total. The summed E-state index contributed by atoms with van der Waals surface area (Å²) in [6.07, 6.45) is 1.72. The third kappa shape index (κ3) is 5.14. The molecule has 5 heterocycles. The molecule has 0 radical (unpaired) electrons. The number of pyridine rings is 1. The highest BCUT2D eigenvalue weighted by Crippen LogP contribution is 2.46. The Bertz CT molecular complexity index is 1360. The lowest BCUT2D eigenvalue weighted by atomic mass is 10.0. The molecule has 41 heavy (non-hydrogen) atoms. The summed E-state index contributed by atoms with van der Waals surface area (Å²) in [5.74, 6) is -0.804. The number of carbonyl (C=O) groups excluding carboxylic acids is 2. The molecule has 12 heteroatoms. The van der Waals surface area contributed by atoms with Gasteiger partial charge in [0, 0.05) is 45.3 Å². The monoisotopic (exact) mass is 587 g/mol. The van der Waals surface area contributed by atoms with Crippen molar-refractivity contribution < 1.29 is 28.6 Å². The molecule has 1 aromatic carbocycles. The summed E-state index contributed by atoms with van der Waals surface area (Å²) in [6.45, 7) is 9.48. The number of carbonyl (C=O) groups is 2. The highest BCUT2D eigenvalue weighted by atomic mass is 35.5. The number of rotatable bonds is 2. The molecular formula is C29H35ClFN5O5. The van der Waals surface area contributed by atoms with Crippen LogP contribution in [0.25, 0.3) is 11.3 Å². The number of ether oxygens (including phenoxy) is 2. The van der Waals surface area contributed by atoms with Gasteiger partial charge in [-0.05, 0) is 52.3 Å². The number of hydrogen-bond acceptors (Lipinski definition) is 8. The van der Waals surface area contributed by atoms with Crippen LogP contribution in [0, 0.1) is 5.82 Å². The van der Waals surface area contributed by atoms with Crippen LogP contribution in [0.4, 0.5) is 15.0 Å². The number of halogens is 2. The Morgan fingerprint density at radius 2 is 1.93 bits per heavy atom. The van der Waals surface area contributed by atoms with Gasteiger partial charge < -0.3 is 29.3 Å². The Morgan fingerprint density at radius 3 is 2.68 bits per heavy atom. The maximum absolute atomic E-state index is 15.1. The van der Waals surface area contributed by atoms with Crippen LogP contribution in [0.5, 0.6) is 11.5 Å². The van der Waals surface area contributed by atoms with Crippen molar-refractivity contribution in [2.24, 2.45) is 0 Å². The first-order valence-electron chi connectivity index (χ1n) is 14.1. The Kier molecular flexibility index (Phi) is 7.14. The van der Waals surface area contributed by atoms with E-state index in [4.69, 9.17) is 26.1 Å². The number of phenols is 1. The number of benzene rings is 1. The summed E-state index contributed by atoms with van der Waals surface area (Å²) in [7, 11) is 0. The Balaban J connectivity index is 1.41. The number of amides is 2. The van der Waals surface area contributed by atoms with E-state index in [9.17, 15) is 14.7 Å². The smallest absolute Gasteiger partial charge is 0.410 e. The number of hydrogen-bond donors (Lipinski definition) is 1. The van der Waals surface area contributed by atoms with E-state index in [-0.39, 0.29) is 58.9 Å². The van der Waals surface area contributed by atoms with Gasteiger partial charge in [0.2, 0.25) is 0 Å². The van der Waals surface area contributed by atoms with Gasteiger partial charge in [-0.15, -0.1) is 0 Å². The van der Waals surface area contributed by atoms with Crippen LogP contribution in [0.15, 0.2) is 18.2 Å². The molecule has 0 aliphatic carbocycles. The molecule has 6 rings (SSSR count). The molecule has 4 aliphatic heterocycles. The van der Waals surface area contributed by atoms with Crippen LogP contribution in [-0.2, 0) is 4.74 Å². The van der Waals surface area contributed by atoms with Crippen molar-refractivity contribution in [2.75, 3.05) is 57.3 Å². The maximum atomic E-state index is 15.1. The fourth-order valence-electron chi connectivity index (χ4n) is 6.26. The zero-order chi connectivity index (χ0) is 29.1. The minimum absolute atomic E-state index is 0.0212. The summed E-state index contributed by atoms with van der Waals surface area (Å²) in [4.78, 5) is 39.6. The van der Waals surface area contributed by atoms with Crippen LogP contribution >= 0.6 is 11.6 Å². The minimum atomic E-state index is -0.684. The van der Waals surface area contributed by atoms with Crippen molar-refractivity contribution in [3.63, 3.8) is 0 Å². The van der Waals surface area contributed by atoms with Crippen LogP contribution in [0.3, 0.4) is 0 Å². The van der Waals surface area contributed by atoms with E-state index in [0.717, 1.165) is 25.9 Å². The van der Waals surface area contributed by atoms with Crippen molar-refractivity contribution in [3.05, 3.63) is 34.6 Å². The zero-order valence-corrected chi connectivity index (χ0v) is 24.3. The maximum Gasteiger partial charge on any atom is 0.410 e. The molecule has 2 atom stereocenters. The normalized spacial score (nSPS) is 23.0. The topological polar surface area (TPSA) is 98.7 Å². The van der Waals surface area contributed by atoms with Crippen LogP contribution < -0.4 is 9.64 Å². The van der Waals surface area contributed by atoms with Gasteiger partial charge in [0.25, 0.3) is 5.91 Å². The van der Waals surface area contributed by atoms with E-state index in [1.54, 1.807) is 9.80 Å². The number of phenolic OH excluding ortho intramolecular Hbond substituents is 1. The van der Waals surface area contributed by atoms with E-state index in [2.05, 4.69) is 9.80 Å². The fraction of sp³-hybridized carbons (Fsp3) is 0.552. The van der Waals surface area contributed by atoms with Gasteiger partial charge in [-0.2, -0.15) is 0 Å². The fourth-order valence-corrected chi connectivity index (χ4v) is 6.55. The van der Waals surface area contributed by atoms with E-state index >= 15 is 4.39 Å². The molecule has 3 fully saturated rings. The third-order valence-electron chi connectivity index (χ3n) is 8.22. The Morgan fingerprint density at radius 1 is 1.12 bits per heavy atom. The first kappa shape index (κ1) is 27.8. The largest absolute Gasteiger partial charge is 0.507 e. The summed E-state index contributed by atoms with van der Waals surface area (Å²) in [5, 5.41) is 10.6. The van der Waals surface area contributed by atoms with Crippen molar-refractivity contribution in [3.8, 4) is 22.8 Å².